The van der Waals surface area contributed by atoms with Gasteiger partial charge in [0.15, 0.2) is 5.78 Å². The normalized spacial score (nSPS) is 18.4. The monoisotopic (exact) mass is 224 g/mol. The van der Waals surface area contributed by atoms with Crippen LogP contribution in [-0.4, -0.2) is 11.5 Å². The van der Waals surface area contributed by atoms with Crippen LogP contribution in [0.2, 0.25) is 0 Å². The summed E-state index contributed by atoms with van der Waals surface area (Å²) in [6.07, 6.45) is 0. The fourth-order valence-corrected chi connectivity index (χ4v) is 2.69. The highest BCUT2D eigenvalue weighted by atomic mass is 35.5. The molecule has 0 aliphatic carbocycles. The van der Waals surface area contributed by atoms with Crippen LogP contribution >= 0.6 is 23.4 Å². The van der Waals surface area contributed by atoms with Crippen molar-refractivity contribution in [2.24, 2.45) is 0 Å². The highest BCUT2D eigenvalue weighted by molar-refractivity contribution is 7.99. The molecule has 3 heteroatoms. The molecule has 1 aromatic rings. The van der Waals surface area contributed by atoms with Gasteiger partial charge in [-0.2, -0.15) is 0 Å². The fraction of sp³-hybridized carbons (Fsp3) is 0.182. The van der Waals surface area contributed by atoms with Crippen molar-refractivity contribution in [3.8, 4) is 0 Å². The minimum atomic E-state index is 0.0671. The zero-order valence-electron chi connectivity index (χ0n) is 7.71. The van der Waals surface area contributed by atoms with E-state index in [4.69, 9.17) is 11.6 Å². The number of rotatable bonds is 0. The molecule has 1 heterocycles. The molecule has 0 atom stereocenters. The predicted molar refractivity (Wildman–Crippen MR) is 60.2 cm³/mol. The van der Waals surface area contributed by atoms with E-state index in [2.05, 4.69) is 0 Å². The number of halogens is 1. The van der Waals surface area contributed by atoms with Gasteiger partial charge in [0, 0.05) is 27.3 Å². The first-order valence-corrected chi connectivity index (χ1v) is 5.72. The van der Waals surface area contributed by atoms with Gasteiger partial charge >= 0.3 is 0 Å². The Kier molecular flexibility index (Phi) is 2.66. The summed E-state index contributed by atoms with van der Waals surface area (Å²) in [5.41, 5.74) is 3.97. The minimum absolute atomic E-state index is 0.0671. The molecule has 0 fully saturated rings. The number of Topliss-reactive ketones (excluding diaryl/α,β-unsaturated/α-hetero) is 1. The second-order valence-electron chi connectivity index (χ2n) is 3.25. The summed E-state index contributed by atoms with van der Waals surface area (Å²) in [5.74, 6) is 0.746. The van der Waals surface area contributed by atoms with Crippen LogP contribution in [0.25, 0.3) is 0 Å². The average Bonchev–Trinajstić information content (AvgIpc) is 2.20. The number of thioether (sulfide) groups is 1. The zero-order valence-corrected chi connectivity index (χ0v) is 9.28. The van der Waals surface area contributed by atoms with Crippen LogP contribution in [0.1, 0.15) is 15.9 Å². The van der Waals surface area contributed by atoms with Crippen molar-refractivity contribution in [3.63, 3.8) is 0 Å². The molecule has 0 saturated heterocycles. The van der Waals surface area contributed by atoms with Crippen molar-refractivity contribution in [1.82, 2.24) is 0 Å². The highest BCUT2D eigenvalue weighted by Crippen LogP contribution is 2.33. The van der Waals surface area contributed by atoms with E-state index >= 15 is 0 Å². The van der Waals surface area contributed by atoms with Crippen LogP contribution in [0.15, 0.2) is 34.2 Å². The van der Waals surface area contributed by atoms with Gasteiger partial charge in [0.05, 0.1) is 0 Å². The van der Waals surface area contributed by atoms with Gasteiger partial charge < -0.3 is 0 Å². The lowest BCUT2D eigenvalue weighted by molar-refractivity contribution is 0.103. The molecule has 1 aliphatic heterocycles. The van der Waals surface area contributed by atoms with E-state index in [0.717, 1.165) is 16.0 Å². The van der Waals surface area contributed by atoms with Gasteiger partial charge in [-0.25, -0.2) is 0 Å². The van der Waals surface area contributed by atoms with Crippen LogP contribution in [-0.2, 0) is 0 Å². The van der Waals surface area contributed by atoms with Crippen LogP contribution in [0.3, 0.4) is 0 Å². The Bertz CT molecular complexity index is 423. The molecule has 1 aliphatic rings. The van der Waals surface area contributed by atoms with Gasteiger partial charge in [0.25, 0.3) is 0 Å². The number of hydrogen-bond acceptors (Lipinski definition) is 2. The molecule has 0 radical (unpaired) electrons. The molecule has 0 spiro atoms. The van der Waals surface area contributed by atoms with Gasteiger partial charge in [-0.05, 0) is 19.1 Å². The van der Waals surface area contributed by atoms with Crippen molar-refractivity contribution in [3.05, 3.63) is 40.4 Å². The maximum absolute atomic E-state index is 11.8. The second-order valence-corrected chi connectivity index (χ2v) is 4.49. The summed E-state index contributed by atoms with van der Waals surface area (Å²) in [7, 11) is 0. The number of carbonyl (C=O) groups is 1. The SMILES string of the molecule is Cc1ccc2c(c1)C(=O)/C(=C\Cl)CS2. The Labute approximate surface area is 92.1 Å². The van der Waals surface area contributed by atoms with E-state index in [-0.39, 0.29) is 5.78 Å². The summed E-state index contributed by atoms with van der Waals surface area (Å²) < 4.78 is 0. The maximum atomic E-state index is 11.8. The number of benzene rings is 1. The van der Waals surface area contributed by atoms with E-state index in [9.17, 15) is 4.79 Å². The molecular formula is C11H9ClOS. The van der Waals surface area contributed by atoms with E-state index in [1.807, 2.05) is 25.1 Å². The third kappa shape index (κ3) is 1.60. The lowest BCUT2D eigenvalue weighted by Gasteiger charge is -2.16. The summed E-state index contributed by atoms with van der Waals surface area (Å²) in [6.45, 7) is 1.98. The summed E-state index contributed by atoms with van der Waals surface area (Å²) in [6, 6.07) is 5.94. The molecule has 0 N–H and O–H groups in total. The van der Waals surface area contributed by atoms with Gasteiger partial charge in [0.2, 0.25) is 0 Å². The molecular weight excluding hydrogens is 216 g/mol. The number of fused-ring (bicyclic) bond motifs is 1. The van der Waals surface area contributed by atoms with E-state index in [1.54, 1.807) is 11.8 Å². The lowest BCUT2D eigenvalue weighted by Crippen LogP contribution is -2.12. The first-order chi connectivity index (χ1) is 6.72. The molecule has 0 unspecified atom stereocenters. The van der Waals surface area contributed by atoms with Crippen molar-refractivity contribution in [1.29, 1.82) is 0 Å². The topological polar surface area (TPSA) is 17.1 Å². The molecule has 72 valence electrons. The number of ketones is 1. The zero-order chi connectivity index (χ0) is 10.1. The molecule has 0 aromatic heterocycles. The van der Waals surface area contributed by atoms with E-state index in [0.29, 0.717) is 11.3 Å². The van der Waals surface area contributed by atoms with Crippen LogP contribution in [0.5, 0.6) is 0 Å². The molecule has 14 heavy (non-hydrogen) atoms. The Morgan fingerprint density at radius 2 is 2.29 bits per heavy atom. The molecule has 1 nitrogen and oxygen atoms in total. The van der Waals surface area contributed by atoms with Crippen LogP contribution in [0, 0.1) is 6.92 Å². The van der Waals surface area contributed by atoms with Crippen molar-refractivity contribution >= 4 is 29.1 Å². The summed E-state index contributed by atoms with van der Waals surface area (Å²) in [5, 5.41) is 0. The predicted octanol–water partition coefficient (Wildman–Crippen LogP) is 3.41. The van der Waals surface area contributed by atoms with Gasteiger partial charge in [-0.3, -0.25) is 4.79 Å². The standard InChI is InChI=1S/C11H9ClOS/c1-7-2-3-10-9(4-7)11(13)8(5-12)6-14-10/h2-5H,6H2,1H3/b8-5-. The number of hydrogen-bond donors (Lipinski definition) is 0. The quantitative estimate of drug-likeness (QED) is 0.629. The van der Waals surface area contributed by atoms with Gasteiger partial charge in [-0.1, -0.05) is 23.2 Å². The molecule has 0 amide bonds. The lowest BCUT2D eigenvalue weighted by atomic mass is 10.0. The molecule has 0 saturated carbocycles. The smallest absolute Gasteiger partial charge is 0.191 e. The van der Waals surface area contributed by atoms with E-state index < -0.39 is 0 Å². The van der Waals surface area contributed by atoms with Crippen LogP contribution < -0.4 is 0 Å². The van der Waals surface area contributed by atoms with Crippen molar-refractivity contribution in [2.75, 3.05) is 5.75 Å². The highest BCUT2D eigenvalue weighted by Gasteiger charge is 2.21. The minimum Gasteiger partial charge on any atom is -0.289 e. The third-order valence-electron chi connectivity index (χ3n) is 2.19. The fourth-order valence-electron chi connectivity index (χ4n) is 1.42. The summed E-state index contributed by atoms with van der Waals surface area (Å²) >= 11 is 7.25. The van der Waals surface area contributed by atoms with E-state index in [1.165, 1.54) is 5.54 Å². The Balaban J connectivity index is 2.54. The van der Waals surface area contributed by atoms with Crippen molar-refractivity contribution in [2.45, 2.75) is 11.8 Å². The Morgan fingerprint density at radius 3 is 3.00 bits per heavy atom. The first kappa shape index (κ1) is 9.81. The molecule has 2 rings (SSSR count). The Morgan fingerprint density at radius 1 is 1.50 bits per heavy atom. The van der Waals surface area contributed by atoms with Gasteiger partial charge in [0.1, 0.15) is 0 Å². The average molecular weight is 225 g/mol. The molecule has 0 bridgehead atoms. The second kappa shape index (κ2) is 3.79. The van der Waals surface area contributed by atoms with Gasteiger partial charge in [-0.15, -0.1) is 11.8 Å². The molecule has 1 aromatic carbocycles. The van der Waals surface area contributed by atoms with Crippen molar-refractivity contribution < 1.29 is 4.79 Å². The first-order valence-electron chi connectivity index (χ1n) is 4.30. The van der Waals surface area contributed by atoms with Crippen LogP contribution in [0.4, 0.5) is 0 Å². The number of carbonyl (C=O) groups excluding carboxylic acids is 1. The largest absolute Gasteiger partial charge is 0.289 e. The summed E-state index contributed by atoms with van der Waals surface area (Å²) in [4.78, 5) is 12.9. The third-order valence-corrected chi connectivity index (χ3v) is 3.57. The Hall–Kier alpha value is -0.730. The number of aryl methyl sites for hydroxylation is 1. The maximum Gasteiger partial charge on any atom is 0.191 e.